The number of rotatable bonds is 6. The Kier molecular flexibility index (Phi) is 3.77. The lowest BCUT2D eigenvalue weighted by Crippen LogP contribution is -2.13. The van der Waals surface area contributed by atoms with E-state index in [-0.39, 0.29) is 0 Å². The highest BCUT2D eigenvalue weighted by molar-refractivity contribution is 5.57. The Bertz CT molecular complexity index is 629. The van der Waals surface area contributed by atoms with Crippen LogP contribution in [0.15, 0.2) is 12.3 Å². The van der Waals surface area contributed by atoms with Gasteiger partial charge in [-0.15, -0.1) is 0 Å². The second kappa shape index (κ2) is 5.71. The Morgan fingerprint density at radius 1 is 1.29 bits per heavy atom. The molecule has 2 heterocycles. The van der Waals surface area contributed by atoms with Gasteiger partial charge in [0.1, 0.15) is 17.5 Å². The summed E-state index contributed by atoms with van der Waals surface area (Å²) in [5.41, 5.74) is 2.29. The largest absolute Gasteiger partial charge is 0.373 e. The molecule has 0 spiro atoms. The number of hydrogen-bond acceptors (Lipinski definition) is 5. The minimum Gasteiger partial charge on any atom is -0.373 e. The number of anilines is 2. The lowest BCUT2D eigenvalue weighted by atomic mass is 10.2. The van der Waals surface area contributed by atoms with E-state index in [0.29, 0.717) is 5.92 Å². The summed E-state index contributed by atoms with van der Waals surface area (Å²) in [5, 5.41) is 10.8. The van der Waals surface area contributed by atoms with Crippen LogP contribution in [0.1, 0.15) is 35.8 Å². The average Bonchev–Trinajstić information content (AvgIpc) is 3.25. The van der Waals surface area contributed by atoms with Gasteiger partial charge in [0.2, 0.25) is 0 Å². The van der Waals surface area contributed by atoms with E-state index < -0.39 is 0 Å². The monoisotopic (exact) mass is 286 g/mol. The molecule has 0 unspecified atom stereocenters. The first-order valence-electron chi connectivity index (χ1n) is 7.46. The maximum Gasteiger partial charge on any atom is 0.136 e. The van der Waals surface area contributed by atoms with Crippen molar-refractivity contribution in [2.24, 2.45) is 7.05 Å². The van der Waals surface area contributed by atoms with Crippen molar-refractivity contribution in [3.05, 3.63) is 29.3 Å². The van der Waals surface area contributed by atoms with Crippen LogP contribution in [0.25, 0.3) is 0 Å². The SMILES string of the molecule is CNc1nc(C2CC2)nc(NCCc2ccnn2C)c1C. The van der Waals surface area contributed by atoms with Crippen molar-refractivity contribution in [3.8, 4) is 0 Å². The fraction of sp³-hybridized carbons (Fsp3) is 0.533. The summed E-state index contributed by atoms with van der Waals surface area (Å²) in [6.07, 6.45) is 5.17. The van der Waals surface area contributed by atoms with Crippen LogP contribution in [-0.2, 0) is 13.5 Å². The molecule has 1 saturated carbocycles. The predicted molar refractivity (Wildman–Crippen MR) is 83.7 cm³/mol. The first kappa shape index (κ1) is 13.9. The molecule has 6 heteroatoms. The van der Waals surface area contributed by atoms with Crippen LogP contribution in [0.2, 0.25) is 0 Å². The molecule has 0 aliphatic heterocycles. The average molecular weight is 286 g/mol. The molecule has 0 saturated heterocycles. The van der Waals surface area contributed by atoms with Crippen molar-refractivity contribution in [2.45, 2.75) is 32.1 Å². The molecule has 1 aliphatic rings. The van der Waals surface area contributed by atoms with E-state index in [2.05, 4.69) is 27.6 Å². The van der Waals surface area contributed by atoms with Crippen LogP contribution < -0.4 is 10.6 Å². The van der Waals surface area contributed by atoms with Gasteiger partial charge in [-0.1, -0.05) is 0 Å². The number of nitrogens with one attached hydrogen (secondary N) is 2. The molecule has 1 fully saturated rings. The summed E-state index contributed by atoms with van der Waals surface area (Å²) in [7, 11) is 3.88. The molecule has 0 bridgehead atoms. The summed E-state index contributed by atoms with van der Waals surface area (Å²) >= 11 is 0. The molecule has 1 aliphatic carbocycles. The van der Waals surface area contributed by atoms with Crippen LogP contribution in [0, 0.1) is 6.92 Å². The van der Waals surface area contributed by atoms with Gasteiger partial charge in [-0.2, -0.15) is 5.10 Å². The third-order valence-electron chi connectivity index (χ3n) is 3.94. The molecule has 0 radical (unpaired) electrons. The second-order valence-corrected chi connectivity index (χ2v) is 5.55. The minimum absolute atomic E-state index is 0.551. The molecular formula is C15H22N6. The van der Waals surface area contributed by atoms with Crippen molar-refractivity contribution in [2.75, 3.05) is 24.2 Å². The Morgan fingerprint density at radius 3 is 2.67 bits per heavy atom. The molecule has 3 rings (SSSR count). The van der Waals surface area contributed by atoms with Crippen molar-refractivity contribution < 1.29 is 0 Å². The molecule has 2 aromatic rings. The summed E-state index contributed by atoms with van der Waals surface area (Å²) in [5.74, 6) is 3.39. The van der Waals surface area contributed by atoms with Crippen LogP contribution in [0.4, 0.5) is 11.6 Å². The van der Waals surface area contributed by atoms with Crippen molar-refractivity contribution in [1.82, 2.24) is 19.7 Å². The highest BCUT2D eigenvalue weighted by Gasteiger charge is 2.28. The molecule has 21 heavy (non-hydrogen) atoms. The van der Waals surface area contributed by atoms with Crippen molar-refractivity contribution in [3.63, 3.8) is 0 Å². The Labute approximate surface area is 125 Å². The number of aryl methyl sites for hydroxylation is 1. The quantitative estimate of drug-likeness (QED) is 0.851. The van der Waals surface area contributed by atoms with Gasteiger partial charge in [0, 0.05) is 50.4 Å². The zero-order valence-electron chi connectivity index (χ0n) is 12.8. The van der Waals surface area contributed by atoms with Gasteiger partial charge in [0.25, 0.3) is 0 Å². The summed E-state index contributed by atoms with van der Waals surface area (Å²) in [6.45, 7) is 2.89. The fourth-order valence-corrected chi connectivity index (χ4v) is 2.43. The maximum absolute atomic E-state index is 4.70. The molecular weight excluding hydrogens is 264 g/mol. The summed E-state index contributed by atoms with van der Waals surface area (Å²) < 4.78 is 1.91. The van der Waals surface area contributed by atoms with Gasteiger partial charge in [0.15, 0.2) is 0 Å². The van der Waals surface area contributed by atoms with E-state index in [4.69, 9.17) is 4.98 Å². The van der Waals surface area contributed by atoms with E-state index in [1.165, 1.54) is 18.5 Å². The van der Waals surface area contributed by atoms with Crippen LogP contribution in [-0.4, -0.2) is 33.3 Å². The third-order valence-corrected chi connectivity index (χ3v) is 3.94. The van der Waals surface area contributed by atoms with Gasteiger partial charge in [0.05, 0.1) is 0 Å². The normalized spacial score (nSPS) is 14.2. The molecule has 112 valence electrons. The second-order valence-electron chi connectivity index (χ2n) is 5.55. The lowest BCUT2D eigenvalue weighted by molar-refractivity contribution is 0.710. The number of hydrogen-bond donors (Lipinski definition) is 2. The van der Waals surface area contributed by atoms with E-state index >= 15 is 0 Å². The maximum atomic E-state index is 4.70. The Hall–Kier alpha value is -2.11. The number of nitrogens with zero attached hydrogens (tertiary/aromatic N) is 4. The molecule has 2 N–H and O–H groups in total. The van der Waals surface area contributed by atoms with Crippen LogP contribution in [0.3, 0.4) is 0 Å². The molecule has 0 aromatic carbocycles. The van der Waals surface area contributed by atoms with E-state index in [1.807, 2.05) is 31.0 Å². The zero-order valence-corrected chi connectivity index (χ0v) is 12.8. The van der Waals surface area contributed by atoms with E-state index in [9.17, 15) is 0 Å². The van der Waals surface area contributed by atoms with Crippen LogP contribution >= 0.6 is 0 Å². The Morgan fingerprint density at radius 2 is 2.05 bits per heavy atom. The van der Waals surface area contributed by atoms with Gasteiger partial charge in [-0.25, -0.2) is 9.97 Å². The first-order chi connectivity index (χ1) is 10.2. The third kappa shape index (κ3) is 2.99. The first-order valence-corrected chi connectivity index (χ1v) is 7.46. The minimum atomic E-state index is 0.551. The lowest BCUT2D eigenvalue weighted by Gasteiger charge is -2.13. The molecule has 0 atom stereocenters. The van der Waals surface area contributed by atoms with Gasteiger partial charge < -0.3 is 10.6 Å². The summed E-state index contributed by atoms with van der Waals surface area (Å²) in [6, 6.07) is 2.04. The molecule has 2 aromatic heterocycles. The smallest absolute Gasteiger partial charge is 0.136 e. The predicted octanol–water partition coefficient (Wildman–Crippen LogP) is 2.09. The number of aromatic nitrogens is 4. The van der Waals surface area contributed by atoms with Crippen molar-refractivity contribution >= 4 is 11.6 Å². The molecule has 0 amide bonds. The van der Waals surface area contributed by atoms with Gasteiger partial charge in [-0.3, -0.25) is 4.68 Å². The van der Waals surface area contributed by atoms with E-state index in [1.54, 1.807) is 0 Å². The van der Waals surface area contributed by atoms with Crippen LogP contribution in [0.5, 0.6) is 0 Å². The van der Waals surface area contributed by atoms with Crippen molar-refractivity contribution in [1.29, 1.82) is 0 Å². The van der Waals surface area contributed by atoms with Gasteiger partial charge >= 0.3 is 0 Å². The fourth-order valence-electron chi connectivity index (χ4n) is 2.43. The van der Waals surface area contributed by atoms with E-state index in [0.717, 1.165) is 36.0 Å². The van der Waals surface area contributed by atoms with Gasteiger partial charge in [-0.05, 0) is 25.8 Å². The zero-order chi connectivity index (χ0) is 14.8. The highest BCUT2D eigenvalue weighted by Crippen LogP contribution is 2.39. The highest BCUT2D eigenvalue weighted by atomic mass is 15.3. The summed E-state index contributed by atoms with van der Waals surface area (Å²) in [4.78, 5) is 9.31. The molecule has 6 nitrogen and oxygen atoms in total. The standard InChI is InChI=1S/C15H22N6/c1-10-13(16-2)19-15(11-4-5-11)20-14(10)17-8-6-12-7-9-18-21(12)3/h7,9,11H,4-6,8H2,1-3H3,(H2,16,17,19,20). The topological polar surface area (TPSA) is 67.7 Å². The Balaban J connectivity index is 1.71.